The van der Waals surface area contributed by atoms with E-state index in [1.165, 1.54) is 6.08 Å². The van der Waals surface area contributed by atoms with E-state index in [2.05, 4.69) is 13.8 Å². The van der Waals surface area contributed by atoms with Crippen molar-refractivity contribution in [3.8, 4) is 0 Å². The van der Waals surface area contributed by atoms with Gasteiger partial charge in [0, 0.05) is 6.08 Å². The molecule has 0 saturated heterocycles. The van der Waals surface area contributed by atoms with Crippen LogP contribution >= 0.6 is 0 Å². The first-order valence-electron chi connectivity index (χ1n) is 6.11. The lowest BCUT2D eigenvalue weighted by Crippen LogP contribution is -2.50. The van der Waals surface area contributed by atoms with Crippen LogP contribution in [0.25, 0.3) is 0 Å². The van der Waals surface area contributed by atoms with Gasteiger partial charge in [0.15, 0.2) is 0 Å². The maximum atomic E-state index is 10.8. The van der Waals surface area contributed by atoms with Gasteiger partial charge in [0.25, 0.3) is 0 Å². The molecule has 0 unspecified atom stereocenters. The Morgan fingerprint density at radius 2 is 2.00 bits per heavy atom. The topological polar surface area (TPSA) is 57.5 Å². The van der Waals surface area contributed by atoms with Crippen molar-refractivity contribution in [3.63, 3.8) is 0 Å². The summed E-state index contributed by atoms with van der Waals surface area (Å²) in [5, 5.41) is 19.3. The maximum Gasteiger partial charge on any atom is 0.328 e. The van der Waals surface area contributed by atoms with Gasteiger partial charge in [-0.05, 0) is 24.2 Å². The molecule has 1 fully saturated rings. The number of rotatable bonds is 3. The van der Waals surface area contributed by atoms with Crippen LogP contribution in [0.3, 0.4) is 0 Å². The van der Waals surface area contributed by atoms with Crippen LogP contribution in [-0.4, -0.2) is 21.8 Å². The number of carboxylic acid groups (broad SMARTS) is 1. The maximum absolute atomic E-state index is 10.8. The van der Waals surface area contributed by atoms with Crippen molar-refractivity contribution in [2.24, 2.45) is 11.3 Å². The van der Waals surface area contributed by atoms with Crippen LogP contribution < -0.4 is 0 Å². The normalized spacial score (nSPS) is 33.3. The van der Waals surface area contributed by atoms with Gasteiger partial charge in [-0.25, -0.2) is 4.79 Å². The Kier molecular flexibility index (Phi) is 4.15. The van der Waals surface area contributed by atoms with Gasteiger partial charge < -0.3 is 10.2 Å². The fourth-order valence-corrected chi connectivity index (χ4v) is 2.67. The number of carbonyl (C=O) groups is 1. The monoisotopic (exact) mass is 238 g/mol. The quantitative estimate of drug-likeness (QED) is 0.587. The third-order valence-corrected chi connectivity index (χ3v) is 3.97. The molecule has 0 aromatic carbocycles. The average Bonchev–Trinajstić information content (AvgIpc) is 2.21. The molecule has 1 rings (SSSR count). The van der Waals surface area contributed by atoms with E-state index in [9.17, 15) is 9.90 Å². The van der Waals surface area contributed by atoms with Gasteiger partial charge >= 0.3 is 5.97 Å². The molecule has 0 spiro atoms. The van der Waals surface area contributed by atoms with Crippen LogP contribution in [-0.2, 0) is 4.79 Å². The highest BCUT2D eigenvalue weighted by molar-refractivity contribution is 5.80. The molecule has 0 heterocycles. The van der Waals surface area contributed by atoms with Crippen molar-refractivity contribution < 1.29 is 15.0 Å². The molecule has 2 atom stereocenters. The van der Waals surface area contributed by atoms with Crippen LogP contribution in [0.4, 0.5) is 0 Å². The van der Waals surface area contributed by atoms with Crippen LogP contribution in [0, 0.1) is 11.3 Å². The summed E-state index contributed by atoms with van der Waals surface area (Å²) < 4.78 is 0. The zero-order valence-electron chi connectivity index (χ0n) is 10.8. The molecule has 0 amide bonds. The molecular formula is C14H22O3. The van der Waals surface area contributed by atoms with E-state index in [-0.39, 0.29) is 11.3 Å². The number of aliphatic carboxylic acids is 1. The van der Waals surface area contributed by atoms with Crippen LogP contribution in [0.2, 0.25) is 0 Å². The van der Waals surface area contributed by atoms with Gasteiger partial charge in [0.05, 0.1) is 5.60 Å². The minimum absolute atomic E-state index is 0.168. The van der Waals surface area contributed by atoms with E-state index in [0.717, 1.165) is 25.3 Å². The van der Waals surface area contributed by atoms with Gasteiger partial charge in [0.2, 0.25) is 0 Å². The fraction of sp³-hybridized carbons (Fsp3) is 0.643. The Balaban J connectivity index is 2.86. The first kappa shape index (κ1) is 14.0. The minimum atomic E-state index is -0.974. The summed E-state index contributed by atoms with van der Waals surface area (Å²) in [6, 6.07) is 0. The number of aliphatic hydroxyl groups is 1. The van der Waals surface area contributed by atoms with Crippen LogP contribution in [0.1, 0.15) is 40.0 Å². The van der Waals surface area contributed by atoms with E-state index < -0.39 is 11.6 Å². The molecular weight excluding hydrogens is 216 g/mol. The lowest BCUT2D eigenvalue weighted by atomic mass is 9.60. The fourth-order valence-electron chi connectivity index (χ4n) is 2.67. The Morgan fingerprint density at radius 3 is 2.53 bits per heavy atom. The van der Waals surface area contributed by atoms with Gasteiger partial charge in [-0.3, -0.25) is 0 Å². The third-order valence-electron chi connectivity index (χ3n) is 3.97. The van der Waals surface area contributed by atoms with Gasteiger partial charge in [-0.2, -0.15) is 0 Å². The van der Waals surface area contributed by atoms with Crippen molar-refractivity contribution in [2.45, 2.75) is 45.6 Å². The van der Waals surface area contributed by atoms with E-state index in [4.69, 9.17) is 5.11 Å². The number of hydrogen-bond acceptors (Lipinski definition) is 2. The predicted octanol–water partition coefficient (Wildman–Crippen LogP) is 2.76. The molecule has 0 aliphatic heterocycles. The van der Waals surface area contributed by atoms with Crippen LogP contribution in [0.5, 0.6) is 0 Å². The first-order valence-corrected chi connectivity index (χ1v) is 6.11. The van der Waals surface area contributed by atoms with Crippen molar-refractivity contribution in [1.82, 2.24) is 0 Å². The number of hydrogen-bond donors (Lipinski definition) is 2. The number of carboxylic acids is 1. The molecule has 0 aromatic rings. The molecule has 96 valence electrons. The van der Waals surface area contributed by atoms with Crippen molar-refractivity contribution in [2.75, 3.05) is 0 Å². The van der Waals surface area contributed by atoms with E-state index in [1.54, 1.807) is 12.2 Å². The molecule has 1 aliphatic rings. The van der Waals surface area contributed by atoms with Gasteiger partial charge in [-0.1, -0.05) is 45.4 Å². The second-order valence-electron chi connectivity index (χ2n) is 5.56. The molecule has 0 radical (unpaired) electrons. The summed E-state index contributed by atoms with van der Waals surface area (Å²) in [5.41, 5.74) is -1.02. The van der Waals surface area contributed by atoms with Crippen molar-refractivity contribution >= 4 is 5.97 Å². The van der Waals surface area contributed by atoms with E-state index in [1.807, 2.05) is 6.92 Å². The van der Waals surface area contributed by atoms with Crippen molar-refractivity contribution in [1.29, 1.82) is 0 Å². The second-order valence-corrected chi connectivity index (χ2v) is 5.56. The second kappa shape index (κ2) is 5.05. The highest BCUT2D eigenvalue weighted by Gasteiger charge is 2.47. The van der Waals surface area contributed by atoms with Gasteiger partial charge in [0.1, 0.15) is 0 Å². The van der Waals surface area contributed by atoms with E-state index in [0.29, 0.717) is 0 Å². The Hall–Kier alpha value is -1.09. The Bertz CT molecular complexity index is 341. The largest absolute Gasteiger partial charge is 0.478 e. The zero-order chi connectivity index (χ0) is 13.1. The standard InChI is InChI=1S/C14H22O3/c1-11-7-6-9-13(2,3)14(11,17)10-5-4-8-12(15)16/h4-5,8,10-11,17H,6-7,9H2,1-3H3,(H,15,16)/b8-4-,10-5+/t11-,14+/m0/s1. The third kappa shape index (κ3) is 2.97. The molecule has 1 aliphatic carbocycles. The van der Waals surface area contributed by atoms with Crippen molar-refractivity contribution in [3.05, 3.63) is 24.3 Å². The van der Waals surface area contributed by atoms with Gasteiger partial charge in [-0.15, -0.1) is 0 Å². The smallest absolute Gasteiger partial charge is 0.328 e. The highest BCUT2D eigenvalue weighted by Crippen LogP contribution is 2.47. The SMILES string of the molecule is C[C@H]1CCCC(C)(C)[C@@]1(O)/C=C/C=C\C(=O)O. The lowest BCUT2D eigenvalue weighted by Gasteiger charge is -2.49. The molecule has 3 heteroatoms. The van der Waals surface area contributed by atoms with Crippen LogP contribution in [0.15, 0.2) is 24.3 Å². The highest BCUT2D eigenvalue weighted by atomic mass is 16.4. The Labute approximate surface area is 103 Å². The van der Waals surface area contributed by atoms with E-state index >= 15 is 0 Å². The summed E-state index contributed by atoms with van der Waals surface area (Å²) in [4.78, 5) is 10.3. The number of allylic oxidation sites excluding steroid dienone is 2. The molecule has 1 saturated carbocycles. The summed E-state index contributed by atoms with van der Waals surface area (Å²) in [5.74, 6) is -0.779. The average molecular weight is 238 g/mol. The summed E-state index contributed by atoms with van der Waals surface area (Å²) in [6.45, 7) is 6.17. The Morgan fingerprint density at radius 1 is 1.35 bits per heavy atom. The molecule has 17 heavy (non-hydrogen) atoms. The summed E-state index contributed by atoms with van der Waals surface area (Å²) in [7, 11) is 0. The summed E-state index contributed by atoms with van der Waals surface area (Å²) >= 11 is 0. The molecule has 0 bridgehead atoms. The molecule has 3 nitrogen and oxygen atoms in total. The zero-order valence-corrected chi connectivity index (χ0v) is 10.8. The lowest BCUT2D eigenvalue weighted by molar-refractivity contribution is -0.131. The minimum Gasteiger partial charge on any atom is -0.478 e. The first-order chi connectivity index (χ1) is 7.79. The summed E-state index contributed by atoms with van der Waals surface area (Å²) in [6.07, 6.45) is 9.04. The molecule has 2 N–H and O–H groups in total. The molecule has 0 aromatic heterocycles. The predicted molar refractivity (Wildman–Crippen MR) is 67.7 cm³/mol.